The molecule has 0 bridgehead atoms. The summed E-state index contributed by atoms with van der Waals surface area (Å²) >= 11 is 1.22. The maximum Gasteiger partial charge on any atom is 0.270 e. The van der Waals surface area contributed by atoms with Crippen molar-refractivity contribution in [2.24, 2.45) is 0 Å². The van der Waals surface area contributed by atoms with Crippen LogP contribution < -0.4 is 16.0 Å². The molecule has 10 nitrogen and oxygen atoms in total. The van der Waals surface area contributed by atoms with Crippen molar-refractivity contribution < 1.29 is 14.4 Å². The van der Waals surface area contributed by atoms with Gasteiger partial charge in [-0.1, -0.05) is 13.8 Å². The van der Waals surface area contributed by atoms with E-state index >= 15 is 0 Å². The van der Waals surface area contributed by atoms with Gasteiger partial charge in [0.2, 0.25) is 5.91 Å². The zero-order valence-corrected chi connectivity index (χ0v) is 19.8. The normalized spacial score (nSPS) is 12.4. The second-order valence-corrected chi connectivity index (χ2v) is 7.59. The van der Waals surface area contributed by atoms with Crippen LogP contribution in [0.15, 0.2) is 37.1 Å². The molecule has 1 aliphatic heterocycles. The van der Waals surface area contributed by atoms with Gasteiger partial charge in [-0.25, -0.2) is 15.0 Å². The average molecular weight is 470 g/mol. The standard InChI is InChI=1S/C14H13N5O3S.C6H8N2.C2H6/c1-7(14-15-4-8(5-20)23-14)18-13(22)11-9-2-3-10(21)19-12(9)17-6-16-11;1-7-6-2-4-8-5-3-6;1-2/h4-7H,2-3H2,1H3,(H,18,22)(H,16,17,19,21);2-5H,1H3,(H,7,8);1-2H3. The number of anilines is 2. The molecule has 33 heavy (non-hydrogen) atoms. The predicted octanol–water partition coefficient (Wildman–Crippen LogP) is 3.27. The number of aromatic nitrogens is 4. The number of pyridine rings is 1. The first kappa shape index (κ1) is 25.5. The molecule has 0 radical (unpaired) electrons. The van der Waals surface area contributed by atoms with E-state index in [0.29, 0.717) is 34.1 Å². The second kappa shape index (κ2) is 13.0. The molecule has 11 heteroatoms. The molecule has 4 heterocycles. The Hall–Kier alpha value is -3.73. The van der Waals surface area contributed by atoms with Crippen LogP contribution in [0.1, 0.15) is 64.0 Å². The van der Waals surface area contributed by atoms with Gasteiger partial charge in [0.05, 0.1) is 10.9 Å². The van der Waals surface area contributed by atoms with Crippen LogP contribution in [0.2, 0.25) is 0 Å². The van der Waals surface area contributed by atoms with E-state index in [2.05, 4.69) is 35.9 Å². The lowest BCUT2D eigenvalue weighted by molar-refractivity contribution is -0.116. The lowest BCUT2D eigenvalue weighted by Crippen LogP contribution is -2.30. The van der Waals surface area contributed by atoms with Crippen molar-refractivity contribution in [3.05, 3.63) is 58.2 Å². The summed E-state index contributed by atoms with van der Waals surface area (Å²) in [5.41, 5.74) is 1.97. The second-order valence-electron chi connectivity index (χ2n) is 6.50. The number of amides is 2. The highest BCUT2D eigenvalue weighted by molar-refractivity contribution is 7.13. The molecular formula is C22H27N7O3S. The third-order valence-corrected chi connectivity index (χ3v) is 5.47. The maximum absolute atomic E-state index is 12.5. The molecule has 3 aromatic rings. The minimum Gasteiger partial charge on any atom is -0.388 e. The van der Waals surface area contributed by atoms with Crippen LogP contribution in [0, 0.1) is 0 Å². The molecule has 4 rings (SSSR count). The van der Waals surface area contributed by atoms with E-state index in [1.807, 2.05) is 33.0 Å². The van der Waals surface area contributed by atoms with E-state index in [1.165, 1.54) is 23.9 Å². The maximum atomic E-state index is 12.5. The molecule has 0 fully saturated rings. The zero-order valence-electron chi connectivity index (χ0n) is 19.0. The highest BCUT2D eigenvalue weighted by atomic mass is 32.1. The fraction of sp³-hybridized carbons (Fsp3) is 0.318. The Morgan fingerprint density at radius 1 is 1.18 bits per heavy atom. The van der Waals surface area contributed by atoms with Crippen LogP contribution in [-0.2, 0) is 11.2 Å². The van der Waals surface area contributed by atoms with Crippen molar-refractivity contribution >= 4 is 40.9 Å². The Kier molecular flexibility index (Phi) is 10.0. The van der Waals surface area contributed by atoms with Crippen LogP contribution in [0.25, 0.3) is 0 Å². The minimum absolute atomic E-state index is 0.125. The molecule has 174 valence electrons. The summed E-state index contributed by atoms with van der Waals surface area (Å²) in [4.78, 5) is 51.0. The molecule has 2 amide bonds. The van der Waals surface area contributed by atoms with E-state index in [0.717, 1.165) is 12.0 Å². The van der Waals surface area contributed by atoms with Crippen molar-refractivity contribution in [3.63, 3.8) is 0 Å². The lowest BCUT2D eigenvalue weighted by atomic mass is 10.0. The first-order chi connectivity index (χ1) is 16.0. The fourth-order valence-corrected chi connectivity index (χ4v) is 3.52. The Morgan fingerprint density at radius 3 is 2.52 bits per heavy atom. The summed E-state index contributed by atoms with van der Waals surface area (Å²) in [6, 6.07) is 3.48. The van der Waals surface area contributed by atoms with Crippen molar-refractivity contribution in [2.45, 2.75) is 39.7 Å². The van der Waals surface area contributed by atoms with Gasteiger partial charge in [-0.15, -0.1) is 11.3 Å². The summed E-state index contributed by atoms with van der Waals surface area (Å²) < 4.78 is 0. The lowest BCUT2D eigenvalue weighted by Gasteiger charge is -2.18. The monoisotopic (exact) mass is 469 g/mol. The van der Waals surface area contributed by atoms with Gasteiger partial charge in [-0.2, -0.15) is 0 Å². The van der Waals surface area contributed by atoms with Crippen molar-refractivity contribution in [3.8, 4) is 0 Å². The van der Waals surface area contributed by atoms with Gasteiger partial charge in [-0.05, 0) is 25.5 Å². The predicted molar refractivity (Wildman–Crippen MR) is 127 cm³/mol. The first-order valence-electron chi connectivity index (χ1n) is 10.4. The fourth-order valence-electron chi connectivity index (χ4n) is 2.79. The van der Waals surface area contributed by atoms with Gasteiger partial charge in [-0.3, -0.25) is 19.4 Å². The van der Waals surface area contributed by atoms with Gasteiger partial charge in [0.15, 0.2) is 6.29 Å². The molecule has 0 spiro atoms. The minimum atomic E-state index is -0.366. The Balaban J connectivity index is 0.000000323. The Labute approximate surface area is 196 Å². The molecule has 1 unspecified atom stereocenters. The molecule has 1 atom stereocenters. The quantitative estimate of drug-likeness (QED) is 0.484. The molecular weight excluding hydrogens is 442 g/mol. The topological polar surface area (TPSA) is 139 Å². The van der Waals surface area contributed by atoms with Gasteiger partial charge in [0, 0.05) is 43.3 Å². The number of hydrogen-bond acceptors (Lipinski definition) is 9. The third kappa shape index (κ3) is 7.14. The van der Waals surface area contributed by atoms with Crippen LogP contribution in [0.3, 0.4) is 0 Å². The van der Waals surface area contributed by atoms with Crippen molar-refractivity contribution in [2.75, 3.05) is 17.7 Å². The molecule has 0 aliphatic carbocycles. The smallest absolute Gasteiger partial charge is 0.270 e. The highest BCUT2D eigenvalue weighted by Gasteiger charge is 2.24. The number of aldehydes is 1. The Morgan fingerprint density at radius 2 is 1.91 bits per heavy atom. The van der Waals surface area contributed by atoms with Crippen molar-refractivity contribution in [1.82, 2.24) is 25.3 Å². The summed E-state index contributed by atoms with van der Waals surface area (Å²) in [6.07, 6.45) is 7.67. The van der Waals surface area contributed by atoms with Crippen LogP contribution in [0.5, 0.6) is 0 Å². The molecule has 3 N–H and O–H groups in total. The molecule has 1 aliphatic rings. The Bertz CT molecular complexity index is 1070. The number of nitrogens with zero attached hydrogens (tertiary/aromatic N) is 4. The van der Waals surface area contributed by atoms with E-state index in [9.17, 15) is 14.4 Å². The molecule has 0 saturated heterocycles. The summed E-state index contributed by atoms with van der Waals surface area (Å²) in [7, 11) is 1.88. The highest BCUT2D eigenvalue weighted by Crippen LogP contribution is 2.23. The van der Waals surface area contributed by atoms with Gasteiger partial charge < -0.3 is 16.0 Å². The molecule has 0 aromatic carbocycles. The summed E-state index contributed by atoms with van der Waals surface area (Å²) in [5, 5.41) is 9.06. The van der Waals surface area contributed by atoms with Crippen LogP contribution >= 0.6 is 11.3 Å². The van der Waals surface area contributed by atoms with Gasteiger partial charge in [0.25, 0.3) is 5.91 Å². The molecule has 3 aromatic heterocycles. The average Bonchev–Trinajstić information content (AvgIpc) is 3.35. The summed E-state index contributed by atoms with van der Waals surface area (Å²) in [5.74, 6) is -0.109. The van der Waals surface area contributed by atoms with Crippen LogP contribution in [0.4, 0.5) is 11.5 Å². The van der Waals surface area contributed by atoms with Crippen LogP contribution in [-0.4, -0.2) is 45.1 Å². The number of carbonyl (C=O) groups excluding carboxylic acids is 3. The van der Waals surface area contributed by atoms with E-state index in [4.69, 9.17) is 0 Å². The number of carbonyl (C=O) groups is 3. The van der Waals surface area contributed by atoms with Gasteiger partial charge >= 0.3 is 0 Å². The third-order valence-electron chi connectivity index (χ3n) is 4.36. The number of hydrogen-bond donors (Lipinski definition) is 3. The first-order valence-corrected chi connectivity index (χ1v) is 11.3. The van der Waals surface area contributed by atoms with E-state index in [1.54, 1.807) is 19.3 Å². The SMILES string of the molecule is CC.CC(NC(=O)c1ncnc2c1CCC(=O)N2)c1ncc(C=O)s1.CNc1ccncc1. The number of fused-ring (bicyclic) bond motifs is 1. The number of rotatable bonds is 5. The number of nitrogens with one attached hydrogen (secondary N) is 3. The van der Waals surface area contributed by atoms with E-state index in [-0.39, 0.29) is 23.6 Å². The zero-order chi connectivity index (χ0) is 24.2. The number of thiazole rings is 1. The largest absolute Gasteiger partial charge is 0.388 e. The van der Waals surface area contributed by atoms with Crippen molar-refractivity contribution in [1.29, 1.82) is 0 Å². The molecule has 0 saturated carbocycles. The van der Waals surface area contributed by atoms with Gasteiger partial charge in [0.1, 0.15) is 22.8 Å². The van der Waals surface area contributed by atoms with E-state index < -0.39 is 0 Å². The summed E-state index contributed by atoms with van der Waals surface area (Å²) in [6.45, 7) is 5.78.